The first-order valence-corrected chi connectivity index (χ1v) is 7.33. The number of aromatic carboxylic acids is 1. The molecule has 0 bridgehead atoms. The Balaban J connectivity index is 2.43. The molecule has 0 unspecified atom stereocenters. The summed E-state index contributed by atoms with van der Waals surface area (Å²) in [4.78, 5) is 35.8. The summed E-state index contributed by atoms with van der Waals surface area (Å²) in [5.41, 5.74) is 0.455. The standard InChI is InChI=1S/C16H14BrNO4/c1-9-7-10(2)18(15(20)14(9)16(21)22)8-13(19)11-3-5-12(17)6-4-11/h3-7H,8H2,1-2H3,(H,21,22). The molecule has 0 spiro atoms. The second-order valence-electron chi connectivity index (χ2n) is 4.97. The quantitative estimate of drug-likeness (QED) is 0.847. The third kappa shape index (κ3) is 3.17. The number of Topliss-reactive ketones (excluding diaryl/α,β-unsaturated/α-hetero) is 1. The van der Waals surface area contributed by atoms with Crippen LogP contribution in [0.4, 0.5) is 0 Å². The zero-order valence-electron chi connectivity index (χ0n) is 12.1. The number of rotatable bonds is 4. The Bertz CT molecular complexity index is 806. The van der Waals surface area contributed by atoms with E-state index in [-0.39, 0.29) is 17.9 Å². The van der Waals surface area contributed by atoms with E-state index >= 15 is 0 Å². The summed E-state index contributed by atoms with van der Waals surface area (Å²) in [6.07, 6.45) is 0. The lowest BCUT2D eigenvalue weighted by Gasteiger charge is -2.12. The molecule has 0 radical (unpaired) electrons. The van der Waals surface area contributed by atoms with E-state index in [1.807, 2.05) is 0 Å². The fourth-order valence-corrected chi connectivity index (χ4v) is 2.52. The predicted octanol–water partition coefficient (Wildman–Crippen LogP) is 2.81. The van der Waals surface area contributed by atoms with Crippen LogP contribution in [0.2, 0.25) is 0 Å². The van der Waals surface area contributed by atoms with Gasteiger partial charge in [0.2, 0.25) is 0 Å². The van der Waals surface area contributed by atoms with Crippen LogP contribution in [0.5, 0.6) is 0 Å². The number of aryl methyl sites for hydroxylation is 2. The monoisotopic (exact) mass is 363 g/mol. The number of ketones is 1. The summed E-state index contributed by atoms with van der Waals surface area (Å²) in [5, 5.41) is 9.14. The number of halogens is 1. The number of pyridine rings is 1. The number of carbonyl (C=O) groups excluding carboxylic acids is 1. The number of nitrogens with zero attached hydrogens (tertiary/aromatic N) is 1. The van der Waals surface area contributed by atoms with Gasteiger partial charge in [0, 0.05) is 15.7 Å². The van der Waals surface area contributed by atoms with Crippen LogP contribution < -0.4 is 5.56 Å². The Hall–Kier alpha value is -2.21. The molecule has 1 N–H and O–H groups in total. The molecule has 0 aliphatic heterocycles. The predicted molar refractivity (Wildman–Crippen MR) is 85.6 cm³/mol. The van der Waals surface area contributed by atoms with E-state index in [4.69, 9.17) is 5.11 Å². The van der Waals surface area contributed by atoms with Crippen molar-refractivity contribution < 1.29 is 14.7 Å². The summed E-state index contributed by atoms with van der Waals surface area (Å²) in [5.74, 6) is -1.54. The minimum atomic E-state index is -1.28. The summed E-state index contributed by atoms with van der Waals surface area (Å²) in [7, 11) is 0. The van der Waals surface area contributed by atoms with Crippen LogP contribution in [0, 0.1) is 13.8 Å². The van der Waals surface area contributed by atoms with E-state index in [0.29, 0.717) is 16.8 Å². The number of hydrogen-bond acceptors (Lipinski definition) is 3. The van der Waals surface area contributed by atoms with Gasteiger partial charge in [0.05, 0.1) is 6.54 Å². The van der Waals surface area contributed by atoms with Crippen LogP contribution in [0.1, 0.15) is 32.0 Å². The van der Waals surface area contributed by atoms with Crippen molar-refractivity contribution in [2.75, 3.05) is 0 Å². The topological polar surface area (TPSA) is 76.4 Å². The molecule has 0 saturated carbocycles. The van der Waals surface area contributed by atoms with Gasteiger partial charge in [-0.15, -0.1) is 0 Å². The van der Waals surface area contributed by atoms with Gasteiger partial charge in [-0.1, -0.05) is 28.1 Å². The first kappa shape index (κ1) is 16.2. The molecular weight excluding hydrogens is 350 g/mol. The molecule has 2 aromatic rings. The van der Waals surface area contributed by atoms with Gasteiger partial charge in [-0.3, -0.25) is 9.59 Å². The SMILES string of the molecule is Cc1cc(C)n(CC(=O)c2ccc(Br)cc2)c(=O)c1C(=O)O. The lowest BCUT2D eigenvalue weighted by Crippen LogP contribution is -2.31. The van der Waals surface area contributed by atoms with E-state index in [9.17, 15) is 14.4 Å². The minimum absolute atomic E-state index is 0.188. The summed E-state index contributed by atoms with van der Waals surface area (Å²) in [6.45, 7) is 3.06. The van der Waals surface area contributed by atoms with Gasteiger partial charge in [-0.2, -0.15) is 0 Å². The lowest BCUT2D eigenvalue weighted by molar-refractivity contribution is 0.0692. The second kappa shape index (κ2) is 6.27. The number of hydrogen-bond donors (Lipinski definition) is 1. The Morgan fingerprint density at radius 3 is 2.32 bits per heavy atom. The fraction of sp³-hybridized carbons (Fsp3) is 0.188. The number of aromatic nitrogens is 1. The van der Waals surface area contributed by atoms with Gasteiger partial charge >= 0.3 is 5.97 Å². The molecule has 1 heterocycles. The Labute approximate surface area is 135 Å². The van der Waals surface area contributed by atoms with Crippen molar-refractivity contribution in [3.05, 3.63) is 67.5 Å². The van der Waals surface area contributed by atoms with Gasteiger partial charge in [0.1, 0.15) is 5.56 Å². The highest BCUT2D eigenvalue weighted by Gasteiger charge is 2.18. The zero-order valence-corrected chi connectivity index (χ0v) is 13.7. The lowest BCUT2D eigenvalue weighted by atomic mass is 10.1. The number of carbonyl (C=O) groups is 2. The van der Waals surface area contributed by atoms with Crippen molar-refractivity contribution in [3.8, 4) is 0 Å². The largest absolute Gasteiger partial charge is 0.477 e. The maximum absolute atomic E-state index is 12.3. The number of carboxylic acids is 1. The van der Waals surface area contributed by atoms with E-state index in [2.05, 4.69) is 15.9 Å². The van der Waals surface area contributed by atoms with Crippen LogP contribution in [-0.4, -0.2) is 21.4 Å². The van der Waals surface area contributed by atoms with Crippen LogP contribution in [0.25, 0.3) is 0 Å². The van der Waals surface area contributed by atoms with Crippen molar-refractivity contribution in [1.29, 1.82) is 0 Å². The normalized spacial score (nSPS) is 10.5. The smallest absolute Gasteiger partial charge is 0.341 e. The second-order valence-corrected chi connectivity index (χ2v) is 5.89. The molecule has 1 aromatic carbocycles. The Morgan fingerprint density at radius 2 is 1.77 bits per heavy atom. The van der Waals surface area contributed by atoms with Crippen LogP contribution in [0.3, 0.4) is 0 Å². The van der Waals surface area contributed by atoms with Gasteiger partial charge in [0.25, 0.3) is 5.56 Å². The molecule has 22 heavy (non-hydrogen) atoms. The van der Waals surface area contributed by atoms with E-state index < -0.39 is 11.5 Å². The molecule has 114 valence electrons. The van der Waals surface area contributed by atoms with Crippen LogP contribution in [-0.2, 0) is 6.54 Å². The highest BCUT2D eigenvalue weighted by molar-refractivity contribution is 9.10. The molecule has 0 atom stereocenters. The fourth-order valence-electron chi connectivity index (χ4n) is 2.25. The van der Waals surface area contributed by atoms with E-state index in [0.717, 1.165) is 4.47 Å². The molecule has 0 fully saturated rings. The van der Waals surface area contributed by atoms with Crippen molar-refractivity contribution in [2.45, 2.75) is 20.4 Å². The molecule has 0 aliphatic rings. The number of carboxylic acid groups (broad SMARTS) is 1. The van der Waals surface area contributed by atoms with Gasteiger partial charge in [-0.05, 0) is 37.6 Å². The highest BCUT2D eigenvalue weighted by Crippen LogP contribution is 2.12. The van der Waals surface area contributed by atoms with Crippen LogP contribution >= 0.6 is 15.9 Å². The first-order chi connectivity index (χ1) is 10.3. The molecule has 0 amide bonds. The number of benzene rings is 1. The minimum Gasteiger partial charge on any atom is -0.477 e. The van der Waals surface area contributed by atoms with Crippen LogP contribution in [0.15, 0.2) is 39.6 Å². The average Bonchev–Trinajstić information content (AvgIpc) is 2.43. The molecule has 1 aromatic heterocycles. The van der Waals surface area contributed by atoms with Crippen molar-refractivity contribution in [2.24, 2.45) is 0 Å². The van der Waals surface area contributed by atoms with Crippen molar-refractivity contribution in [1.82, 2.24) is 4.57 Å². The van der Waals surface area contributed by atoms with Gasteiger partial charge in [-0.25, -0.2) is 4.79 Å². The first-order valence-electron chi connectivity index (χ1n) is 6.54. The third-order valence-corrected chi connectivity index (χ3v) is 3.91. The zero-order chi connectivity index (χ0) is 16.4. The molecule has 0 saturated heterocycles. The Morgan fingerprint density at radius 1 is 1.18 bits per heavy atom. The maximum Gasteiger partial charge on any atom is 0.341 e. The van der Waals surface area contributed by atoms with Crippen molar-refractivity contribution >= 4 is 27.7 Å². The highest BCUT2D eigenvalue weighted by atomic mass is 79.9. The molecule has 5 nitrogen and oxygen atoms in total. The van der Waals surface area contributed by atoms with Gasteiger partial charge < -0.3 is 9.67 Å². The molecular formula is C16H14BrNO4. The third-order valence-electron chi connectivity index (χ3n) is 3.39. The molecule has 0 aliphatic carbocycles. The summed E-state index contributed by atoms with van der Waals surface area (Å²) < 4.78 is 2.04. The van der Waals surface area contributed by atoms with E-state index in [1.165, 1.54) is 4.57 Å². The average molecular weight is 364 g/mol. The van der Waals surface area contributed by atoms with Gasteiger partial charge in [0.15, 0.2) is 5.78 Å². The Kier molecular flexibility index (Phi) is 4.61. The summed E-state index contributed by atoms with van der Waals surface area (Å²) >= 11 is 3.29. The van der Waals surface area contributed by atoms with E-state index in [1.54, 1.807) is 44.2 Å². The summed E-state index contributed by atoms with van der Waals surface area (Å²) in [6, 6.07) is 8.37. The molecule has 6 heteroatoms. The van der Waals surface area contributed by atoms with Crippen molar-refractivity contribution in [3.63, 3.8) is 0 Å². The molecule has 2 rings (SSSR count). The maximum atomic E-state index is 12.3.